The van der Waals surface area contributed by atoms with Crippen molar-refractivity contribution in [3.63, 3.8) is 0 Å². The third-order valence-corrected chi connectivity index (χ3v) is 2.01. The van der Waals surface area contributed by atoms with Gasteiger partial charge in [-0.3, -0.25) is 5.32 Å². The molecule has 0 bridgehead atoms. The van der Waals surface area contributed by atoms with Gasteiger partial charge in [0.1, 0.15) is 12.4 Å². The Balaban J connectivity index is 2.67. The van der Waals surface area contributed by atoms with Gasteiger partial charge in [0.05, 0.1) is 6.61 Å². The number of aromatic nitrogens is 1. The molecule has 0 fully saturated rings. The summed E-state index contributed by atoms with van der Waals surface area (Å²) in [5.41, 5.74) is 6.26. The second kappa shape index (κ2) is 6.43. The second-order valence-electron chi connectivity index (χ2n) is 3.46. The molecule has 0 saturated heterocycles. The molecule has 1 rings (SSSR count). The molecule has 18 heavy (non-hydrogen) atoms. The highest BCUT2D eigenvalue weighted by Gasteiger charge is 2.07. The zero-order chi connectivity index (χ0) is 13.5. The predicted octanol–water partition coefficient (Wildman–Crippen LogP) is 1.55. The van der Waals surface area contributed by atoms with Crippen LogP contribution in [0.1, 0.15) is 18.1 Å². The van der Waals surface area contributed by atoms with Gasteiger partial charge in [-0.2, -0.15) is 0 Å². The van der Waals surface area contributed by atoms with Gasteiger partial charge in [-0.25, -0.2) is 14.6 Å². The summed E-state index contributed by atoms with van der Waals surface area (Å²) in [4.78, 5) is 25.7. The van der Waals surface area contributed by atoms with Crippen LogP contribution >= 0.6 is 0 Å². The first-order valence-corrected chi connectivity index (χ1v) is 5.34. The van der Waals surface area contributed by atoms with Crippen molar-refractivity contribution in [2.75, 3.05) is 11.9 Å². The zero-order valence-corrected chi connectivity index (χ0v) is 10.2. The molecular formula is C11H15N3O4. The SMILES string of the molecule is CCOC(=O)Nc1ncc(COC(N)=O)cc1C. The lowest BCUT2D eigenvalue weighted by Crippen LogP contribution is -2.16. The summed E-state index contributed by atoms with van der Waals surface area (Å²) in [6.07, 6.45) is 0.0768. The fourth-order valence-electron chi connectivity index (χ4n) is 1.26. The second-order valence-corrected chi connectivity index (χ2v) is 3.46. The van der Waals surface area contributed by atoms with Gasteiger partial charge in [-0.1, -0.05) is 0 Å². The lowest BCUT2D eigenvalue weighted by Gasteiger charge is -2.09. The number of hydrogen-bond donors (Lipinski definition) is 2. The molecule has 0 aliphatic heterocycles. The molecule has 0 atom stereocenters. The maximum Gasteiger partial charge on any atom is 0.412 e. The first-order valence-electron chi connectivity index (χ1n) is 5.34. The molecule has 0 spiro atoms. The van der Waals surface area contributed by atoms with Gasteiger partial charge in [-0.15, -0.1) is 0 Å². The number of pyridine rings is 1. The van der Waals surface area contributed by atoms with Crippen LogP contribution in [0.25, 0.3) is 0 Å². The molecule has 1 heterocycles. The van der Waals surface area contributed by atoms with Crippen molar-refractivity contribution in [2.24, 2.45) is 5.73 Å². The van der Waals surface area contributed by atoms with Crippen LogP contribution in [0, 0.1) is 6.92 Å². The van der Waals surface area contributed by atoms with Crippen LogP contribution in [-0.2, 0) is 16.1 Å². The number of carbonyl (C=O) groups excluding carboxylic acids is 2. The third-order valence-electron chi connectivity index (χ3n) is 2.01. The van der Waals surface area contributed by atoms with E-state index in [0.717, 1.165) is 5.56 Å². The highest BCUT2D eigenvalue weighted by Crippen LogP contribution is 2.13. The fraction of sp³-hybridized carbons (Fsp3) is 0.364. The Morgan fingerprint density at radius 1 is 1.44 bits per heavy atom. The van der Waals surface area contributed by atoms with Gasteiger partial charge >= 0.3 is 12.2 Å². The van der Waals surface area contributed by atoms with E-state index < -0.39 is 12.2 Å². The van der Waals surface area contributed by atoms with Gasteiger partial charge in [0.2, 0.25) is 0 Å². The number of anilines is 1. The molecular weight excluding hydrogens is 238 g/mol. The Labute approximate surface area is 104 Å². The average Bonchev–Trinajstić information content (AvgIpc) is 2.30. The maximum absolute atomic E-state index is 11.2. The summed E-state index contributed by atoms with van der Waals surface area (Å²) >= 11 is 0. The molecule has 0 aliphatic rings. The molecule has 3 N–H and O–H groups in total. The maximum atomic E-state index is 11.2. The summed E-state index contributed by atoms with van der Waals surface area (Å²) in [6.45, 7) is 3.81. The lowest BCUT2D eigenvalue weighted by molar-refractivity contribution is 0.150. The number of rotatable bonds is 4. The van der Waals surface area contributed by atoms with Crippen LogP contribution < -0.4 is 11.1 Å². The van der Waals surface area contributed by atoms with Gasteiger partial charge in [-0.05, 0) is 25.5 Å². The largest absolute Gasteiger partial charge is 0.450 e. The van der Waals surface area contributed by atoms with Crippen molar-refractivity contribution in [3.05, 3.63) is 23.4 Å². The van der Waals surface area contributed by atoms with E-state index >= 15 is 0 Å². The van der Waals surface area contributed by atoms with Crippen molar-refractivity contribution in [2.45, 2.75) is 20.5 Å². The van der Waals surface area contributed by atoms with Gasteiger partial charge in [0.25, 0.3) is 0 Å². The zero-order valence-electron chi connectivity index (χ0n) is 10.2. The van der Waals surface area contributed by atoms with Crippen LogP contribution in [-0.4, -0.2) is 23.8 Å². The van der Waals surface area contributed by atoms with E-state index in [1.54, 1.807) is 19.9 Å². The smallest absolute Gasteiger partial charge is 0.412 e. The summed E-state index contributed by atoms with van der Waals surface area (Å²) in [6, 6.07) is 1.73. The van der Waals surface area contributed by atoms with Crippen LogP contribution in [0.5, 0.6) is 0 Å². The normalized spacial score (nSPS) is 9.67. The first-order chi connectivity index (χ1) is 8.52. The standard InChI is InChI=1S/C11H15N3O4/c1-3-17-11(16)14-9-7(2)4-8(5-13-9)6-18-10(12)15/h4-5H,3,6H2,1-2H3,(H2,12,15)(H,13,14,16). The molecule has 0 saturated carbocycles. The third kappa shape index (κ3) is 4.28. The molecule has 98 valence electrons. The minimum atomic E-state index is -0.846. The molecule has 1 aromatic heterocycles. The van der Waals surface area contributed by atoms with E-state index in [9.17, 15) is 9.59 Å². The number of nitrogens with one attached hydrogen (secondary N) is 1. The van der Waals surface area contributed by atoms with E-state index in [1.807, 2.05) is 0 Å². The molecule has 7 nitrogen and oxygen atoms in total. The van der Waals surface area contributed by atoms with Crippen molar-refractivity contribution >= 4 is 18.0 Å². The van der Waals surface area contributed by atoms with E-state index in [4.69, 9.17) is 10.5 Å². The van der Waals surface area contributed by atoms with Crippen molar-refractivity contribution in [1.29, 1.82) is 0 Å². The summed E-state index contributed by atoms with van der Waals surface area (Å²) in [7, 11) is 0. The van der Waals surface area contributed by atoms with Crippen molar-refractivity contribution in [3.8, 4) is 0 Å². The van der Waals surface area contributed by atoms with Crippen LogP contribution in [0.4, 0.5) is 15.4 Å². The minimum absolute atomic E-state index is 0.0445. The lowest BCUT2D eigenvalue weighted by atomic mass is 10.2. The van der Waals surface area contributed by atoms with Crippen molar-refractivity contribution in [1.82, 2.24) is 4.98 Å². The molecule has 0 aromatic carbocycles. The molecule has 2 amide bonds. The summed E-state index contributed by atoms with van der Waals surface area (Å²) in [5, 5.41) is 2.50. The van der Waals surface area contributed by atoms with E-state index in [1.165, 1.54) is 6.20 Å². The topological polar surface area (TPSA) is 104 Å². The highest BCUT2D eigenvalue weighted by atomic mass is 16.5. The van der Waals surface area contributed by atoms with Gasteiger partial charge in [0, 0.05) is 11.8 Å². The number of hydrogen-bond acceptors (Lipinski definition) is 5. The van der Waals surface area contributed by atoms with Gasteiger partial charge in [0.15, 0.2) is 0 Å². The quantitative estimate of drug-likeness (QED) is 0.847. The molecule has 7 heteroatoms. The van der Waals surface area contributed by atoms with E-state index in [0.29, 0.717) is 11.4 Å². The van der Waals surface area contributed by atoms with Crippen LogP contribution in [0.2, 0.25) is 0 Å². The Morgan fingerprint density at radius 2 is 2.17 bits per heavy atom. The molecule has 0 radical (unpaired) electrons. The summed E-state index contributed by atoms with van der Waals surface area (Å²) in [5.74, 6) is 0.399. The van der Waals surface area contributed by atoms with Crippen molar-refractivity contribution < 1.29 is 19.1 Å². The Hall–Kier alpha value is -2.31. The fourth-order valence-corrected chi connectivity index (χ4v) is 1.26. The Kier molecular flexibility index (Phi) is 4.91. The number of aryl methyl sites for hydroxylation is 1. The summed E-state index contributed by atoms with van der Waals surface area (Å²) < 4.78 is 9.36. The Morgan fingerprint density at radius 3 is 2.72 bits per heavy atom. The number of carbonyl (C=O) groups is 2. The number of nitrogens with zero attached hydrogens (tertiary/aromatic N) is 1. The van der Waals surface area contributed by atoms with Gasteiger partial charge < -0.3 is 15.2 Å². The minimum Gasteiger partial charge on any atom is -0.450 e. The average molecular weight is 253 g/mol. The Bertz CT molecular complexity index is 448. The molecule has 1 aromatic rings. The number of nitrogens with two attached hydrogens (primary N) is 1. The molecule has 0 unspecified atom stereocenters. The van der Waals surface area contributed by atoms with Crippen LogP contribution in [0.15, 0.2) is 12.3 Å². The van der Waals surface area contributed by atoms with Crippen LogP contribution in [0.3, 0.4) is 0 Å². The van der Waals surface area contributed by atoms with E-state index in [2.05, 4.69) is 15.0 Å². The van der Waals surface area contributed by atoms with E-state index in [-0.39, 0.29) is 13.2 Å². The highest BCUT2D eigenvalue weighted by molar-refractivity contribution is 5.84. The first kappa shape index (κ1) is 13.8. The number of ether oxygens (including phenoxy) is 2. The molecule has 0 aliphatic carbocycles. The monoisotopic (exact) mass is 253 g/mol. The number of amides is 2. The predicted molar refractivity (Wildman–Crippen MR) is 64.0 cm³/mol. The number of primary amides is 1.